The molecule has 9 heteroatoms. The molecule has 8 nitrogen and oxygen atoms in total. The molecular weight excluding hydrogens is 334 g/mol. The highest BCUT2D eigenvalue weighted by Crippen LogP contribution is 2.28. The van der Waals surface area contributed by atoms with Crippen molar-refractivity contribution in [3.63, 3.8) is 0 Å². The van der Waals surface area contributed by atoms with Crippen LogP contribution in [0.2, 0.25) is 5.02 Å². The molecule has 126 valence electrons. The molecular formula is C15H16ClN5O3. The van der Waals surface area contributed by atoms with Gasteiger partial charge in [0.15, 0.2) is 11.9 Å². The molecule has 1 aliphatic heterocycles. The van der Waals surface area contributed by atoms with Crippen molar-refractivity contribution < 1.29 is 14.3 Å². The van der Waals surface area contributed by atoms with Crippen molar-refractivity contribution >= 4 is 23.4 Å². The van der Waals surface area contributed by atoms with Crippen molar-refractivity contribution in [3.8, 4) is 0 Å². The number of nitrogens with zero attached hydrogens (tertiary/aromatic N) is 2. The second-order valence-corrected chi connectivity index (χ2v) is 5.76. The van der Waals surface area contributed by atoms with E-state index >= 15 is 0 Å². The van der Waals surface area contributed by atoms with Crippen molar-refractivity contribution in [2.24, 2.45) is 0 Å². The van der Waals surface area contributed by atoms with Gasteiger partial charge in [0.2, 0.25) is 5.91 Å². The van der Waals surface area contributed by atoms with Crippen LogP contribution in [0, 0.1) is 6.92 Å². The monoisotopic (exact) mass is 349 g/mol. The number of morpholine rings is 1. The summed E-state index contributed by atoms with van der Waals surface area (Å²) in [5.41, 5.74) is 0.626. The van der Waals surface area contributed by atoms with Crippen molar-refractivity contribution in [1.29, 1.82) is 0 Å². The number of carbonyl (C=O) groups is 2. The molecule has 3 rings (SSSR count). The number of amides is 2. The number of aromatic amines is 1. The predicted octanol–water partition coefficient (Wildman–Crippen LogP) is 0.639. The molecule has 2 aromatic rings. The quantitative estimate of drug-likeness (QED) is 0.750. The first-order valence-electron chi connectivity index (χ1n) is 7.35. The number of hydrogen-bond acceptors (Lipinski definition) is 5. The third kappa shape index (κ3) is 3.55. The minimum Gasteiger partial charge on any atom is -0.356 e. The third-order valence-electron chi connectivity index (χ3n) is 3.58. The van der Waals surface area contributed by atoms with E-state index in [1.807, 2.05) is 0 Å². The predicted molar refractivity (Wildman–Crippen MR) is 85.0 cm³/mol. The Hall–Kier alpha value is -2.45. The third-order valence-corrected chi connectivity index (χ3v) is 3.92. The minimum atomic E-state index is -0.886. The topological polar surface area (TPSA) is 109 Å². The van der Waals surface area contributed by atoms with Crippen molar-refractivity contribution in [3.05, 3.63) is 46.5 Å². The van der Waals surface area contributed by atoms with Gasteiger partial charge in [0.1, 0.15) is 12.4 Å². The minimum absolute atomic E-state index is 0.159. The molecule has 0 radical (unpaired) electrons. The summed E-state index contributed by atoms with van der Waals surface area (Å²) < 4.78 is 5.44. The van der Waals surface area contributed by atoms with Crippen LogP contribution in [-0.2, 0) is 20.9 Å². The largest absolute Gasteiger partial charge is 0.356 e. The molecule has 1 fully saturated rings. The molecule has 1 aromatic heterocycles. The van der Waals surface area contributed by atoms with Crippen molar-refractivity contribution in [1.82, 2.24) is 25.8 Å². The highest BCUT2D eigenvalue weighted by molar-refractivity contribution is 6.31. The summed E-state index contributed by atoms with van der Waals surface area (Å²) in [7, 11) is 0. The molecule has 2 amide bonds. The van der Waals surface area contributed by atoms with E-state index in [0.717, 1.165) is 0 Å². The van der Waals surface area contributed by atoms with Crippen molar-refractivity contribution in [2.45, 2.75) is 25.6 Å². The van der Waals surface area contributed by atoms with Crippen LogP contribution in [0.3, 0.4) is 0 Å². The average Bonchev–Trinajstić information content (AvgIpc) is 2.98. The Balaban J connectivity index is 1.74. The number of halogens is 1. The van der Waals surface area contributed by atoms with E-state index in [1.54, 1.807) is 31.2 Å². The van der Waals surface area contributed by atoms with Crippen LogP contribution in [0.25, 0.3) is 0 Å². The zero-order chi connectivity index (χ0) is 17.1. The molecule has 1 saturated heterocycles. The van der Waals surface area contributed by atoms with Gasteiger partial charge in [-0.25, -0.2) is 4.98 Å². The first-order valence-corrected chi connectivity index (χ1v) is 7.73. The Morgan fingerprint density at radius 1 is 1.46 bits per heavy atom. The maximum absolute atomic E-state index is 12.5. The molecule has 2 atom stereocenters. The van der Waals surface area contributed by atoms with Crippen LogP contribution in [0.15, 0.2) is 24.3 Å². The summed E-state index contributed by atoms with van der Waals surface area (Å²) in [5, 5.41) is 12.6. The van der Waals surface area contributed by atoms with Crippen LogP contribution in [0.4, 0.5) is 0 Å². The van der Waals surface area contributed by atoms with Gasteiger partial charge in [-0.15, -0.1) is 0 Å². The van der Waals surface area contributed by atoms with Gasteiger partial charge in [0.25, 0.3) is 5.91 Å². The number of ether oxygens (including phenoxy) is 1. The Morgan fingerprint density at radius 3 is 2.96 bits per heavy atom. The Kier molecular flexibility index (Phi) is 4.77. The molecule has 0 bridgehead atoms. The lowest BCUT2D eigenvalue weighted by atomic mass is 9.99. The molecule has 0 spiro atoms. The van der Waals surface area contributed by atoms with Crippen LogP contribution in [0.1, 0.15) is 23.3 Å². The number of aryl methyl sites for hydroxylation is 1. The molecule has 2 heterocycles. The van der Waals surface area contributed by atoms with Gasteiger partial charge < -0.3 is 15.4 Å². The van der Waals surface area contributed by atoms with E-state index in [-0.39, 0.29) is 25.0 Å². The standard InChI is InChI=1S/C15H16ClN5O3/c1-8-18-11(21-20-8)6-17-15(23)14-13(19-12(22)7-24-14)9-4-2-3-5-10(9)16/h2-5,13-14H,6-7H2,1H3,(H,17,23)(H,19,22)(H,18,20,21). The summed E-state index contributed by atoms with van der Waals surface area (Å²) in [6, 6.07) is 6.35. The van der Waals surface area contributed by atoms with E-state index in [0.29, 0.717) is 22.2 Å². The van der Waals surface area contributed by atoms with Crippen LogP contribution in [-0.4, -0.2) is 39.7 Å². The summed E-state index contributed by atoms with van der Waals surface area (Å²) >= 11 is 6.19. The number of carbonyl (C=O) groups excluding carboxylic acids is 2. The lowest BCUT2D eigenvalue weighted by Crippen LogP contribution is -2.52. The smallest absolute Gasteiger partial charge is 0.252 e. The molecule has 1 aromatic carbocycles. The van der Waals surface area contributed by atoms with Gasteiger partial charge in [-0.3, -0.25) is 14.7 Å². The average molecular weight is 350 g/mol. The first-order chi connectivity index (χ1) is 11.5. The highest BCUT2D eigenvalue weighted by atomic mass is 35.5. The van der Waals surface area contributed by atoms with Crippen molar-refractivity contribution in [2.75, 3.05) is 6.61 Å². The fraction of sp³-hybridized carbons (Fsp3) is 0.333. The second-order valence-electron chi connectivity index (χ2n) is 5.35. The van der Waals surface area contributed by atoms with Crippen LogP contribution >= 0.6 is 11.6 Å². The Labute approximate surface area is 142 Å². The van der Waals surface area contributed by atoms with Gasteiger partial charge in [-0.05, 0) is 18.6 Å². The summed E-state index contributed by atoms with van der Waals surface area (Å²) in [6.45, 7) is 1.75. The van der Waals surface area contributed by atoms with Gasteiger partial charge in [0, 0.05) is 5.02 Å². The van der Waals surface area contributed by atoms with Gasteiger partial charge in [-0.2, -0.15) is 5.10 Å². The maximum Gasteiger partial charge on any atom is 0.252 e. The van der Waals surface area contributed by atoms with E-state index in [2.05, 4.69) is 25.8 Å². The van der Waals surface area contributed by atoms with E-state index in [1.165, 1.54) is 0 Å². The maximum atomic E-state index is 12.5. The first kappa shape index (κ1) is 16.4. The lowest BCUT2D eigenvalue weighted by Gasteiger charge is -2.32. The normalized spacial score (nSPS) is 20.5. The SMILES string of the molecule is Cc1nc(CNC(=O)C2OCC(=O)NC2c2ccccc2Cl)n[nH]1. The number of hydrogen-bond donors (Lipinski definition) is 3. The fourth-order valence-corrected chi connectivity index (χ4v) is 2.74. The van der Waals surface area contributed by atoms with E-state index < -0.39 is 12.1 Å². The number of H-pyrrole nitrogens is 1. The molecule has 24 heavy (non-hydrogen) atoms. The summed E-state index contributed by atoms with van der Waals surface area (Å²) in [6.07, 6.45) is -0.886. The Morgan fingerprint density at radius 2 is 2.25 bits per heavy atom. The van der Waals surface area contributed by atoms with E-state index in [4.69, 9.17) is 16.3 Å². The van der Waals surface area contributed by atoms with Crippen LogP contribution < -0.4 is 10.6 Å². The van der Waals surface area contributed by atoms with Gasteiger partial charge in [-0.1, -0.05) is 29.8 Å². The number of nitrogens with one attached hydrogen (secondary N) is 3. The number of aromatic nitrogens is 3. The van der Waals surface area contributed by atoms with Gasteiger partial charge >= 0.3 is 0 Å². The number of benzene rings is 1. The molecule has 1 aliphatic rings. The van der Waals surface area contributed by atoms with Gasteiger partial charge in [0.05, 0.1) is 12.6 Å². The number of rotatable bonds is 4. The molecule has 2 unspecified atom stereocenters. The highest BCUT2D eigenvalue weighted by Gasteiger charge is 2.37. The zero-order valence-electron chi connectivity index (χ0n) is 12.9. The zero-order valence-corrected chi connectivity index (χ0v) is 13.6. The lowest BCUT2D eigenvalue weighted by molar-refractivity contribution is -0.148. The summed E-state index contributed by atoms with van der Waals surface area (Å²) in [5.74, 6) is 0.459. The Bertz CT molecular complexity index is 763. The molecule has 0 aliphatic carbocycles. The molecule has 3 N–H and O–H groups in total. The van der Waals surface area contributed by atoms with Crippen LogP contribution in [0.5, 0.6) is 0 Å². The second kappa shape index (κ2) is 6.98. The molecule has 0 saturated carbocycles. The van der Waals surface area contributed by atoms with E-state index in [9.17, 15) is 9.59 Å². The fourth-order valence-electron chi connectivity index (χ4n) is 2.48. The summed E-state index contributed by atoms with van der Waals surface area (Å²) in [4.78, 5) is 28.3.